The van der Waals surface area contributed by atoms with E-state index in [9.17, 15) is 0 Å². The molecule has 1 saturated carbocycles. The van der Waals surface area contributed by atoms with Gasteiger partial charge in [-0.3, -0.25) is 0 Å². The van der Waals surface area contributed by atoms with Crippen LogP contribution in [-0.2, 0) is 11.8 Å². The molecule has 0 saturated heterocycles. The van der Waals surface area contributed by atoms with E-state index < -0.39 is 0 Å². The van der Waals surface area contributed by atoms with Crippen LogP contribution in [-0.4, -0.2) is 0 Å². The van der Waals surface area contributed by atoms with Crippen molar-refractivity contribution in [3.63, 3.8) is 0 Å². The first-order chi connectivity index (χ1) is 18.8. The van der Waals surface area contributed by atoms with Crippen LogP contribution in [0.1, 0.15) is 54.4 Å². The van der Waals surface area contributed by atoms with Crippen molar-refractivity contribution in [3.05, 3.63) is 162 Å². The lowest BCUT2D eigenvalue weighted by Gasteiger charge is -2.39. The Morgan fingerprint density at radius 2 is 0.842 bits per heavy atom. The van der Waals surface area contributed by atoms with Gasteiger partial charge in [-0.05, 0) is 77.9 Å². The second kappa shape index (κ2) is 11.1. The van der Waals surface area contributed by atoms with Gasteiger partial charge in [-0.1, -0.05) is 122 Å². The molecule has 0 heterocycles. The van der Waals surface area contributed by atoms with E-state index in [4.69, 9.17) is 0 Å². The highest BCUT2D eigenvalue weighted by atomic mass is 15.1. The number of hydrogen-bond acceptors (Lipinski definition) is 1. The second-order valence-corrected chi connectivity index (χ2v) is 10.6. The van der Waals surface area contributed by atoms with Gasteiger partial charge >= 0.3 is 0 Å². The Kier molecular flexibility index (Phi) is 7.09. The van der Waals surface area contributed by atoms with Crippen molar-refractivity contribution in [1.29, 1.82) is 0 Å². The molecule has 0 aromatic heterocycles. The highest BCUT2D eigenvalue weighted by Crippen LogP contribution is 2.46. The van der Waals surface area contributed by atoms with Gasteiger partial charge in [0.2, 0.25) is 0 Å². The first-order valence-electron chi connectivity index (χ1n) is 14.0. The van der Waals surface area contributed by atoms with Crippen molar-refractivity contribution in [2.75, 3.05) is 4.90 Å². The van der Waals surface area contributed by atoms with E-state index >= 15 is 0 Å². The van der Waals surface area contributed by atoms with Gasteiger partial charge in [0, 0.05) is 22.5 Å². The first-order valence-corrected chi connectivity index (χ1v) is 14.0. The number of nitrogens with zero attached hydrogens (tertiary/aromatic N) is 1. The van der Waals surface area contributed by atoms with Crippen LogP contribution in [0.3, 0.4) is 0 Å². The Bertz CT molecular complexity index is 1380. The van der Waals surface area contributed by atoms with E-state index in [1.54, 1.807) is 0 Å². The van der Waals surface area contributed by atoms with Gasteiger partial charge in [0.05, 0.1) is 0 Å². The average molecular weight is 494 g/mol. The van der Waals surface area contributed by atoms with Crippen LogP contribution in [0, 0.1) is 0 Å². The summed E-state index contributed by atoms with van der Waals surface area (Å²) in [5.41, 5.74) is 9.28. The molecule has 0 amide bonds. The van der Waals surface area contributed by atoms with Gasteiger partial charge in [0.15, 0.2) is 0 Å². The minimum atomic E-state index is 0.0897. The first kappa shape index (κ1) is 24.2. The quantitative estimate of drug-likeness (QED) is 0.218. The third-order valence-corrected chi connectivity index (χ3v) is 8.17. The molecule has 6 rings (SSSR count). The summed E-state index contributed by atoms with van der Waals surface area (Å²) in [5, 5.41) is 0. The average Bonchev–Trinajstić information content (AvgIpc) is 3.00. The van der Waals surface area contributed by atoms with E-state index in [0.29, 0.717) is 0 Å². The molecule has 188 valence electrons. The summed E-state index contributed by atoms with van der Waals surface area (Å²) in [6.45, 7) is 0. The fourth-order valence-corrected chi connectivity index (χ4v) is 6.20. The zero-order chi connectivity index (χ0) is 25.6. The van der Waals surface area contributed by atoms with Crippen LogP contribution in [0.4, 0.5) is 17.1 Å². The Morgan fingerprint density at radius 3 is 1.37 bits per heavy atom. The van der Waals surface area contributed by atoms with Crippen molar-refractivity contribution < 1.29 is 0 Å². The number of benzene rings is 5. The molecule has 5 aromatic rings. The molecule has 0 unspecified atom stereocenters. The molecule has 1 heteroatoms. The normalized spacial score (nSPS) is 14.6. The third-order valence-electron chi connectivity index (χ3n) is 8.17. The zero-order valence-corrected chi connectivity index (χ0v) is 22.0. The van der Waals surface area contributed by atoms with Gasteiger partial charge in [0.25, 0.3) is 0 Å². The van der Waals surface area contributed by atoms with Crippen LogP contribution in [0.2, 0.25) is 0 Å². The van der Waals surface area contributed by atoms with E-state index in [1.807, 2.05) is 0 Å². The monoisotopic (exact) mass is 493 g/mol. The minimum Gasteiger partial charge on any atom is -0.311 e. The molecule has 0 atom stereocenters. The molecule has 1 nitrogen and oxygen atoms in total. The van der Waals surface area contributed by atoms with Crippen LogP contribution in [0.25, 0.3) is 0 Å². The number of para-hydroxylation sites is 2. The number of hydrogen-bond donors (Lipinski definition) is 0. The van der Waals surface area contributed by atoms with Crippen LogP contribution >= 0.6 is 0 Å². The van der Waals surface area contributed by atoms with Crippen LogP contribution < -0.4 is 4.90 Å². The molecule has 0 aliphatic heterocycles. The number of anilines is 3. The summed E-state index contributed by atoms with van der Waals surface area (Å²) >= 11 is 0. The molecule has 1 aliphatic rings. The van der Waals surface area contributed by atoms with Gasteiger partial charge in [-0.25, -0.2) is 0 Å². The van der Waals surface area contributed by atoms with E-state index in [-0.39, 0.29) is 5.41 Å². The largest absolute Gasteiger partial charge is 0.311 e. The molecule has 0 radical (unpaired) electrons. The Labute approximate surface area is 227 Å². The molecule has 1 fully saturated rings. The molecule has 0 spiro atoms. The molecular weight excluding hydrogens is 458 g/mol. The lowest BCUT2D eigenvalue weighted by molar-refractivity contribution is 0.346. The van der Waals surface area contributed by atoms with Crippen molar-refractivity contribution in [1.82, 2.24) is 0 Å². The molecular formula is C37H35N. The maximum Gasteiger partial charge on any atom is 0.0461 e. The second-order valence-electron chi connectivity index (χ2n) is 10.6. The highest BCUT2D eigenvalue weighted by molar-refractivity contribution is 5.76. The van der Waals surface area contributed by atoms with Crippen LogP contribution in [0.5, 0.6) is 0 Å². The van der Waals surface area contributed by atoms with Crippen molar-refractivity contribution >= 4 is 17.1 Å². The van der Waals surface area contributed by atoms with E-state index in [2.05, 4.69) is 144 Å². The van der Waals surface area contributed by atoms with Crippen molar-refractivity contribution in [2.45, 2.75) is 43.9 Å². The van der Waals surface area contributed by atoms with Gasteiger partial charge < -0.3 is 4.90 Å². The van der Waals surface area contributed by atoms with E-state index in [0.717, 1.165) is 6.42 Å². The molecule has 1 aliphatic carbocycles. The molecule has 0 bridgehead atoms. The summed E-state index contributed by atoms with van der Waals surface area (Å²) < 4.78 is 0. The highest BCUT2D eigenvalue weighted by Gasteiger charge is 2.35. The Morgan fingerprint density at radius 1 is 0.421 bits per heavy atom. The molecule has 5 aromatic carbocycles. The topological polar surface area (TPSA) is 3.24 Å². The molecule has 38 heavy (non-hydrogen) atoms. The SMILES string of the molecule is c1ccc(Cc2ccc(C3(c4ccc(N(c5ccccc5)c5ccccc5)cc4)CCCCC3)cc2)cc1. The Balaban J connectivity index is 1.33. The molecule has 0 N–H and O–H groups in total. The lowest BCUT2D eigenvalue weighted by Crippen LogP contribution is -2.30. The van der Waals surface area contributed by atoms with Gasteiger partial charge in [0.1, 0.15) is 0 Å². The maximum atomic E-state index is 2.40. The maximum absolute atomic E-state index is 2.40. The van der Waals surface area contributed by atoms with Crippen LogP contribution in [0.15, 0.2) is 140 Å². The number of rotatable bonds is 7. The fourth-order valence-electron chi connectivity index (χ4n) is 6.20. The third kappa shape index (κ3) is 5.02. The lowest BCUT2D eigenvalue weighted by atomic mass is 9.65. The Hall–Kier alpha value is -4.10. The van der Waals surface area contributed by atoms with E-state index in [1.165, 1.54) is 71.4 Å². The van der Waals surface area contributed by atoms with Gasteiger partial charge in [-0.15, -0.1) is 0 Å². The minimum absolute atomic E-state index is 0.0897. The summed E-state index contributed by atoms with van der Waals surface area (Å²) in [6, 6.07) is 51.0. The summed E-state index contributed by atoms with van der Waals surface area (Å²) in [4.78, 5) is 2.34. The summed E-state index contributed by atoms with van der Waals surface area (Å²) in [5.74, 6) is 0. The zero-order valence-electron chi connectivity index (χ0n) is 22.0. The standard InChI is InChI=1S/C37H35N/c1-5-13-30(14-6-1)29-31-19-21-32(22-20-31)37(27-11-4-12-28-37)33-23-25-36(26-24-33)38(34-15-7-2-8-16-34)35-17-9-3-10-18-35/h1-3,5-10,13-26H,4,11-12,27-29H2. The van der Waals surface area contributed by atoms with Crippen molar-refractivity contribution in [3.8, 4) is 0 Å². The van der Waals surface area contributed by atoms with Crippen molar-refractivity contribution in [2.24, 2.45) is 0 Å². The smallest absolute Gasteiger partial charge is 0.0461 e. The summed E-state index contributed by atoms with van der Waals surface area (Å²) in [6.07, 6.45) is 7.32. The predicted octanol–water partition coefficient (Wildman–Crippen LogP) is 10.00. The van der Waals surface area contributed by atoms with Gasteiger partial charge in [-0.2, -0.15) is 0 Å². The summed E-state index contributed by atoms with van der Waals surface area (Å²) in [7, 11) is 0. The fraction of sp³-hybridized carbons (Fsp3) is 0.189. The predicted molar refractivity (Wildman–Crippen MR) is 161 cm³/mol.